The molecular weight excluding hydrogens is 445 g/mol. The number of alkyl halides is 3. The summed E-state index contributed by atoms with van der Waals surface area (Å²) >= 11 is 0. The second-order valence-corrected chi connectivity index (χ2v) is 12.2. The second kappa shape index (κ2) is 8.85. The highest BCUT2D eigenvalue weighted by atomic mass is 32.2. The van der Waals surface area contributed by atoms with Crippen molar-refractivity contribution in [3.63, 3.8) is 0 Å². The van der Waals surface area contributed by atoms with Gasteiger partial charge >= 0.3 is 6.36 Å². The molecule has 0 aromatic heterocycles. The number of hydrogen-bond donors (Lipinski definition) is 2. The van der Waals surface area contributed by atoms with E-state index in [9.17, 15) is 26.4 Å². The minimum Gasteiger partial charge on any atom is -0.406 e. The van der Waals surface area contributed by atoms with Crippen LogP contribution in [0.1, 0.15) is 65.2 Å². The predicted molar refractivity (Wildman–Crippen MR) is 114 cm³/mol. The number of hydrogen-bond acceptors (Lipinski definition) is 5. The van der Waals surface area contributed by atoms with Crippen molar-refractivity contribution in [3.05, 3.63) is 24.3 Å². The molecular formula is C22H31F3N2O4S. The molecule has 0 aliphatic heterocycles. The van der Waals surface area contributed by atoms with Crippen molar-refractivity contribution in [1.29, 1.82) is 0 Å². The van der Waals surface area contributed by atoms with Crippen LogP contribution in [0.4, 0.5) is 13.2 Å². The largest absolute Gasteiger partial charge is 0.573 e. The Morgan fingerprint density at radius 3 is 2.41 bits per heavy atom. The van der Waals surface area contributed by atoms with Gasteiger partial charge in [0, 0.05) is 18.0 Å². The molecule has 1 aromatic rings. The third-order valence-corrected chi connectivity index (χ3v) is 9.48. The second-order valence-electron chi connectivity index (χ2n) is 9.66. The smallest absolute Gasteiger partial charge is 0.406 e. The molecule has 2 fully saturated rings. The summed E-state index contributed by atoms with van der Waals surface area (Å²) in [6, 6.07) is 4.32. The highest BCUT2D eigenvalue weighted by molar-refractivity contribution is 7.92. The van der Waals surface area contributed by atoms with E-state index >= 15 is 0 Å². The number of amides is 1. The molecule has 2 aliphatic rings. The maximum absolute atomic E-state index is 13.2. The summed E-state index contributed by atoms with van der Waals surface area (Å²) in [5, 5.41) is 2.96. The van der Waals surface area contributed by atoms with Gasteiger partial charge in [0.15, 0.2) is 9.84 Å². The van der Waals surface area contributed by atoms with Gasteiger partial charge in [-0.15, -0.1) is 13.2 Å². The number of ether oxygens (including phenoxy) is 1. The highest BCUT2D eigenvalue weighted by Crippen LogP contribution is 2.44. The van der Waals surface area contributed by atoms with Crippen molar-refractivity contribution in [2.45, 2.75) is 92.8 Å². The monoisotopic (exact) mass is 476 g/mol. The molecule has 0 bridgehead atoms. The standard InChI is InChI=1S/C22H31F3N2O4S/c1-20(2,32(29,30)18-8-6-7-17(13-18)31-22(23,24)25)15-11-16(12-15)27-19(28)14-21(26)9-4-3-5-10-21/h6-8,13,15-16H,3-5,9-12,14,26H2,1-2H3,(H,27,28)/t15-,16-. The highest BCUT2D eigenvalue weighted by Gasteiger charge is 2.49. The first kappa shape index (κ1) is 24.8. The molecule has 0 saturated heterocycles. The molecule has 32 heavy (non-hydrogen) atoms. The maximum Gasteiger partial charge on any atom is 0.573 e. The number of sulfone groups is 1. The summed E-state index contributed by atoms with van der Waals surface area (Å²) in [4.78, 5) is 12.2. The fourth-order valence-electron chi connectivity index (χ4n) is 4.70. The maximum atomic E-state index is 13.2. The minimum atomic E-state index is -4.91. The average Bonchev–Trinajstić information content (AvgIpc) is 2.63. The first-order valence-corrected chi connectivity index (χ1v) is 12.4. The fraction of sp³-hybridized carbons (Fsp3) is 0.682. The molecule has 0 spiro atoms. The van der Waals surface area contributed by atoms with Gasteiger partial charge in [-0.2, -0.15) is 0 Å². The Bertz CT molecular complexity index is 935. The van der Waals surface area contributed by atoms with E-state index in [2.05, 4.69) is 10.1 Å². The molecule has 0 heterocycles. The predicted octanol–water partition coefficient (Wildman–Crippen LogP) is 4.08. The van der Waals surface area contributed by atoms with Gasteiger partial charge in [0.25, 0.3) is 0 Å². The third-order valence-electron chi connectivity index (χ3n) is 6.89. The van der Waals surface area contributed by atoms with Crippen molar-refractivity contribution in [3.8, 4) is 5.75 Å². The van der Waals surface area contributed by atoms with Crippen molar-refractivity contribution in [2.24, 2.45) is 11.7 Å². The first-order valence-electron chi connectivity index (χ1n) is 10.9. The number of rotatable bonds is 7. The molecule has 3 rings (SSSR count). The minimum absolute atomic E-state index is 0.115. The van der Waals surface area contributed by atoms with Crippen molar-refractivity contribution >= 4 is 15.7 Å². The Labute approximate surface area is 187 Å². The lowest BCUT2D eigenvalue weighted by Gasteiger charge is -2.45. The molecule has 2 saturated carbocycles. The third kappa shape index (κ3) is 5.57. The van der Waals surface area contributed by atoms with Gasteiger partial charge in [0.2, 0.25) is 5.91 Å². The lowest BCUT2D eigenvalue weighted by atomic mass is 9.73. The van der Waals surface area contributed by atoms with Crippen LogP contribution >= 0.6 is 0 Å². The zero-order valence-electron chi connectivity index (χ0n) is 18.4. The quantitative estimate of drug-likeness (QED) is 0.618. The molecule has 0 atom stereocenters. The lowest BCUT2D eigenvalue weighted by Crippen LogP contribution is -2.55. The molecule has 180 valence electrons. The number of nitrogens with one attached hydrogen (secondary N) is 1. The van der Waals surface area contributed by atoms with E-state index in [0.717, 1.165) is 44.2 Å². The lowest BCUT2D eigenvalue weighted by molar-refractivity contribution is -0.274. The van der Waals surface area contributed by atoms with Gasteiger partial charge in [-0.3, -0.25) is 4.79 Å². The zero-order chi connectivity index (χ0) is 23.8. The summed E-state index contributed by atoms with van der Waals surface area (Å²) in [6.07, 6.45) is 1.17. The van der Waals surface area contributed by atoms with E-state index in [-0.39, 0.29) is 29.2 Å². The Morgan fingerprint density at radius 2 is 1.81 bits per heavy atom. The number of nitrogens with two attached hydrogens (primary N) is 1. The Balaban J connectivity index is 1.60. The number of carbonyl (C=O) groups excluding carboxylic acids is 1. The summed E-state index contributed by atoms with van der Waals surface area (Å²) in [7, 11) is -3.94. The molecule has 2 aliphatic carbocycles. The van der Waals surface area contributed by atoms with Crippen LogP contribution < -0.4 is 15.8 Å². The SMILES string of the molecule is CC(C)([C@H]1C[C@H](NC(=O)CC2(N)CCCCC2)C1)S(=O)(=O)c1cccc(OC(F)(F)F)c1. The van der Waals surface area contributed by atoms with E-state index in [1.165, 1.54) is 12.1 Å². The summed E-state index contributed by atoms with van der Waals surface area (Å²) < 4.78 is 66.5. The van der Waals surface area contributed by atoms with Gasteiger partial charge < -0.3 is 15.8 Å². The van der Waals surface area contributed by atoms with E-state index in [0.29, 0.717) is 12.8 Å². The van der Waals surface area contributed by atoms with Crippen LogP contribution in [-0.2, 0) is 14.6 Å². The molecule has 0 radical (unpaired) electrons. The summed E-state index contributed by atoms with van der Waals surface area (Å²) in [5.41, 5.74) is 5.88. The van der Waals surface area contributed by atoms with Gasteiger partial charge in [-0.25, -0.2) is 8.42 Å². The molecule has 10 heteroatoms. The molecule has 3 N–H and O–H groups in total. The van der Waals surface area contributed by atoms with Crippen LogP contribution in [0.25, 0.3) is 0 Å². The number of halogens is 3. The van der Waals surface area contributed by atoms with E-state index < -0.39 is 32.2 Å². The Kier molecular flexibility index (Phi) is 6.87. The first-order chi connectivity index (χ1) is 14.7. The Morgan fingerprint density at radius 1 is 1.19 bits per heavy atom. The van der Waals surface area contributed by atoms with Gasteiger partial charge in [-0.1, -0.05) is 25.3 Å². The van der Waals surface area contributed by atoms with Crippen LogP contribution in [0.2, 0.25) is 0 Å². The Hall–Kier alpha value is -1.81. The van der Waals surface area contributed by atoms with E-state index in [1.807, 2.05) is 0 Å². The van der Waals surface area contributed by atoms with Gasteiger partial charge in [0.1, 0.15) is 5.75 Å². The topological polar surface area (TPSA) is 98.5 Å². The van der Waals surface area contributed by atoms with Gasteiger partial charge in [0.05, 0.1) is 9.64 Å². The average molecular weight is 477 g/mol. The van der Waals surface area contributed by atoms with Crippen LogP contribution in [0, 0.1) is 5.92 Å². The normalized spacial score (nSPS) is 23.8. The zero-order valence-corrected chi connectivity index (χ0v) is 19.2. The molecule has 1 aromatic carbocycles. The van der Waals surface area contributed by atoms with Crippen LogP contribution in [0.3, 0.4) is 0 Å². The van der Waals surface area contributed by atoms with E-state index in [4.69, 9.17) is 5.73 Å². The van der Waals surface area contributed by atoms with Crippen molar-refractivity contribution < 1.29 is 31.1 Å². The summed E-state index contributed by atoms with van der Waals surface area (Å²) in [6.45, 7) is 3.14. The van der Waals surface area contributed by atoms with Crippen molar-refractivity contribution in [1.82, 2.24) is 5.32 Å². The van der Waals surface area contributed by atoms with Crippen LogP contribution in [0.15, 0.2) is 29.2 Å². The molecule has 6 nitrogen and oxygen atoms in total. The number of carbonyl (C=O) groups is 1. The van der Waals surface area contributed by atoms with Crippen molar-refractivity contribution in [2.75, 3.05) is 0 Å². The van der Waals surface area contributed by atoms with Crippen LogP contribution in [-0.4, -0.2) is 37.0 Å². The number of benzene rings is 1. The van der Waals surface area contributed by atoms with Crippen LogP contribution in [0.5, 0.6) is 5.75 Å². The fourth-order valence-corrected chi connectivity index (χ4v) is 6.46. The molecule has 1 amide bonds. The molecule has 0 unspecified atom stereocenters. The summed E-state index contributed by atoms with van der Waals surface area (Å²) in [5.74, 6) is -0.937. The van der Waals surface area contributed by atoms with Gasteiger partial charge in [-0.05, 0) is 63.6 Å². The van der Waals surface area contributed by atoms with E-state index in [1.54, 1.807) is 13.8 Å².